The third-order valence-corrected chi connectivity index (χ3v) is 13.0. The number of rotatable bonds is 51. The van der Waals surface area contributed by atoms with E-state index >= 15 is 0 Å². The molecule has 0 saturated heterocycles. The molecule has 9 heteroatoms. The molecule has 0 aliphatic rings. The molecular formula is C54H107NO7P+. The summed E-state index contributed by atoms with van der Waals surface area (Å²) in [6, 6.07) is 0. The number of unbranched alkanes of at least 4 members (excludes halogenated alkanes) is 33. The first kappa shape index (κ1) is 62.0. The van der Waals surface area contributed by atoms with Gasteiger partial charge >= 0.3 is 13.8 Å². The molecule has 2 unspecified atom stereocenters. The van der Waals surface area contributed by atoms with E-state index in [1.54, 1.807) is 0 Å². The summed E-state index contributed by atoms with van der Waals surface area (Å²) in [6.45, 7) is 5.67. The largest absolute Gasteiger partial charge is 0.472 e. The number of hydrogen-bond donors (Lipinski definition) is 1. The zero-order chi connectivity index (χ0) is 46.2. The van der Waals surface area contributed by atoms with Crippen LogP contribution < -0.4 is 0 Å². The van der Waals surface area contributed by atoms with Crippen LogP contribution >= 0.6 is 7.82 Å². The lowest BCUT2D eigenvalue weighted by Gasteiger charge is -2.24. The number of hydrogen-bond acceptors (Lipinski definition) is 6. The van der Waals surface area contributed by atoms with E-state index in [2.05, 4.69) is 38.2 Å². The van der Waals surface area contributed by atoms with Crippen LogP contribution in [0.2, 0.25) is 0 Å². The molecule has 0 bridgehead atoms. The molecule has 0 rings (SSSR count). The van der Waals surface area contributed by atoms with Crippen molar-refractivity contribution in [2.45, 2.75) is 264 Å². The van der Waals surface area contributed by atoms with Gasteiger partial charge in [0.15, 0.2) is 0 Å². The van der Waals surface area contributed by atoms with E-state index in [1.807, 2.05) is 21.1 Å². The second-order valence-electron chi connectivity index (χ2n) is 19.6. The summed E-state index contributed by atoms with van der Waals surface area (Å²) in [7, 11) is 1.68. The van der Waals surface area contributed by atoms with E-state index in [0.717, 1.165) is 38.5 Å². The number of likely N-dealkylation sites (N-methyl/N-ethyl adjacent to an activating group) is 1. The maximum atomic E-state index is 12.8. The minimum Gasteiger partial charge on any atom is -0.457 e. The van der Waals surface area contributed by atoms with Gasteiger partial charge < -0.3 is 18.9 Å². The van der Waals surface area contributed by atoms with Crippen molar-refractivity contribution in [2.24, 2.45) is 0 Å². The SMILES string of the molecule is CCCCCCC/C=C\C/C=C\CCCCCCCCCCCCCCOCC(COP(=O)(O)OCC[N+](C)(C)C)OC(=O)CCCCCCCCCCCCCCCCCCC. The van der Waals surface area contributed by atoms with Crippen molar-refractivity contribution in [1.29, 1.82) is 0 Å². The Labute approximate surface area is 392 Å². The fourth-order valence-electron chi connectivity index (χ4n) is 7.82. The van der Waals surface area contributed by atoms with Crippen molar-refractivity contribution >= 4 is 13.8 Å². The number of phosphoric acid groups is 1. The molecule has 8 nitrogen and oxygen atoms in total. The van der Waals surface area contributed by atoms with Crippen LogP contribution in [0.3, 0.4) is 0 Å². The molecular weight excluding hydrogens is 806 g/mol. The molecule has 0 aromatic rings. The van der Waals surface area contributed by atoms with E-state index in [-0.39, 0.29) is 25.8 Å². The second-order valence-corrected chi connectivity index (χ2v) is 21.1. The fraction of sp³-hybridized carbons (Fsp3) is 0.907. The first-order valence-electron chi connectivity index (χ1n) is 27.1. The van der Waals surface area contributed by atoms with Gasteiger partial charge in [0.05, 0.1) is 34.4 Å². The van der Waals surface area contributed by atoms with Crippen molar-refractivity contribution in [2.75, 3.05) is 54.1 Å². The number of nitrogens with zero attached hydrogens (tertiary/aromatic N) is 1. The van der Waals surface area contributed by atoms with Gasteiger partial charge in [-0.3, -0.25) is 13.8 Å². The lowest BCUT2D eigenvalue weighted by Crippen LogP contribution is -2.37. The maximum Gasteiger partial charge on any atom is 0.472 e. The number of allylic oxidation sites excluding steroid dienone is 4. The molecule has 0 spiro atoms. The first-order chi connectivity index (χ1) is 30.6. The molecule has 0 aromatic carbocycles. The molecule has 0 aliphatic carbocycles. The van der Waals surface area contributed by atoms with Gasteiger partial charge in [-0.2, -0.15) is 0 Å². The van der Waals surface area contributed by atoms with Crippen LogP contribution in [0.5, 0.6) is 0 Å². The average molecular weight is 913 g/mol. The fourth-order valence-corrected chi connectivity index (χ4v) is 8.56. The molecule has 63 heavy (non-hydrogen) atoms. The van der Waals surface area contributed by atoms with Crippen LogP contribution in [0.15, 0.2) is 24.3 Å². The van der Waals surface area contributed by atoms with Crippen LogP contribution in [0.1, 0.15) is 258 Å². The number of ether oxygens (including phenoxy) is 2. The van der Waals surface area contributed by atoms with Crippen molar-refractivity contribution in [1.82, 2.24) is 0 Å². The molecule has 1 N–H and O–H groups in total. The van der Waals surface area contributed by atoms with E-state index in [0.29, 0.717) is 24.1 Å². The Balaban J connectivity index is 4.06. The third-order valence-electron chi connectivity index (χ3n) is 12.0. The van der Waals surface area contributed by atoms with Crippen LogP contribution in [-0.4, -0.2) is 75.6 Å². The average Bonchev–Trinajstić information content (AvgIpc) is 3.24. The Bertz CT molecular complexity index is 1060. The zero-order valence-electron chi connectivity index (χ0n) is 42.6. The van der Waals surface area contributed by atoms with Crippen molar-refractivity contribution in [3.8, 4) is 0 Å². The predicted molar refractivity (Wildman–Crippen MR) is 270 cm³/mol. The van der Waals surface area contributed by atoms with Crippen LogP contribution in [0.25, 0.3) is 0 Å². The van der Waals surface area contributed by atoms with E-state index in [9.17, 15) is 14.3 Å². The first-order valence-corrected chi connectivity index (χ1v) is 28.6. The minimum atomic E-state index is -4.28. The molecule has 374 valence electrons. The predicted octanol–water partition coefficient (Wildman–Crippen LogP) is 16.7. The van der Waals surface area contributed by atoms with E-state index in [1.165, 1.54) is 199 Å². The van der Waals surface area contributed by atoms with Gasteiger partial charge in [-0.05, 0) is 44.9 Å². The topological polar surface area (TPSA) is 91.3 Å². The Kier molecular flexibility index (Phi) is 46.7. The van der Waals surface area contributed by atoms with E-state index < -0.39 is 13.9 Å². The summed E-state index contributed by atoms with van der Waals surface area (Å²) in [6.07, 6.45) is 56.5. The number of carbonyl (C=O) groups is 1. The number of carbonyl (C=O) groups excluding carboxylic acids is 1. The highest BCUT2D eigenvalue weighted by Crippen LogP contribution is 2.43. The second kappa shape index (κ2) is 47.5. The van der Waals surface area contributed by atoms with Crippen LogP contribution in [0, 0.1) is 0 Å². The number of esters is 1. The summed E-state index contributed by atoms with van der Waals surface area (Å²) in [4.78, 5) is 23.0. The normalized spacial score (nSPS) is 13.7. The zero-order valence-corrected chi connectivity index (χ0v) is 43.5. The Hall–Kier alpha value is -1.02. The Morgan fingerprint density at radius 2 is 0.873 bits per heavy atom. The van der Waals surface area contributed by atoms with Crippen molar-refractivity contribution < 1.29 is 37.3 Å². The molecule has 0 fully saturated rings. The summed E-state index contributed by atoms with van der Waals surface area (Å²) in [5, 5.41) is 0. The molecule has 0 amide bonds. The number of quaternary nitrogens is 1. The minimum absolute atomic E-state index is 0.0911. The van der Waals surface area contributed by atoms with Gasteiger partial charge in [0, 0.05) is 13.0 Å². The van der Waals surface area contributed by atoms with Gasteiger partial charge in [0.25, 0.3) is 0 Å². The van der Waals surface area contributed by atoms with Crippen molar-refractivity contribution in [3.05, 3.63) is 24.3 Å². The molecule has 0 aromatic heterocycles. The third kappa shape index (κ3) is 51.8. The Morgan fingerprint density at radius 1 is 0.492 bits per heavy atom. The van der Waals surface area contributed by atoms with Crippen molar-refractivity contribution in [3.63, 3.8) is 0 Å². The monoisotopic (exact) mass is 913 g/mol. The van der Waals surface area contributed by atoms with E-state index in [4.69, 9.17) is 18.5 Å². The smallest absolute Gasteiger partial charge is 0.457 e. The summed E-state index contributed by atoms with van der Waals surface area (Å²) >= 11 is 0. The highest BCUT2D eigenvalue weighted by atomic mass is 31.2. The van der Waals surface area contributed by atoms with Gasteiger partial charge in [-0.25, -0.2) is 4.57 Å². The van der Waals surface area contributed by atoms with Crippen LogP contribution in [0.4, 0.5) is 0 Å². The lowest BCUT2D eigenvalue weighted by molar-refractivity contribution is -0.870. The highest BCUT2D eigenvalue weighted by molar-refractivity contribution is 7.47. The molecule has 0 saturated carbocycles. The standard InChI is InChI=1S/C54H106NO7P/c1-6-8-10-12-14-16-18-20-22-24-25-26-27-28-29-30-32-34-36-38-40-42-44-46-49-59-51-53(52-61-63(57,58)60-50-48-55(3,4)5)62-54(56)47-45-43-41-39-37-35-33-31-23-21-19-17-15-13-11-9-7-2/h18,20,24-25,53H,6-17,19,21-23,26-52H2,1-5H3/p+1/b20-18-,25-24-. The highest BCUT2D eigenvalue weighted by Gasteiger charge is 2.26. The Morgan fingerprint density at radius 3 is 1.29 bits per heavy atom. The van der Waals surface area contributed by atoms with Gasteiger partial charge in [-0.1, -0.05) is 231 Å². The number of phosphoric ester groups is 1. The quantitative estimate of drug-likeness (QED) is 0.0214. The summed E-state index contributed by atoms with van der Waals surface area (Å²) in [5.41, 5.74) is 0. The maximum absolute atomic E-state index is 12.8. The van der Waals surface area contributed by atoms with Gasteiger partial charge in [0.1, 0.15) is 19.3 Å². The summed E-state index contributed by atoms with van der Waals surface area (Å²) in [5.74, 6) is -0.308. The van der Waals surface area contributed by atoms with Gasteiger partial charge in [-0.15, -0.1) is 0 Å². The van der Waals surface area contributed by atoms with Crippen LogP contribution in [-0.2, 0) is 27.9 Å². The van der Waals surface area contributed by atoms with Gasteiger partial charge in [0.2, 0.25) is 0 Å². The molecule has 0 aliphatic heterocycles. The summed E-state index contributed by atoms with van der Waals surface area (Å²) < 4.78 is 35.2. The molecule has 2 atom stereocenters. The molecule has 0 heterocycles. The molecule has 0 radical (unpaired) electrons. The lowest BCUT2D eigenvalue weighted by atomic mass is 10.0.